The van der Waals surface area contributed by atoms with Gasteiger partial charge < -0.3 is 20.5 Å². The fourth-order valence-electron chi connectivity index (χ4n) is 2.16. The molecule has 1 saturated heterocycles. The fourth-order valence-corrected chi connectivity index (χ4v) is 2.16. The van der Waals surface area contributed by atoms with Crippen LogP contribution < -0.4 is 10.6 Å². The van der Waals surface area contributed by atoms with Gasteiger partial charge in [0.25, 0.3) is 0 Å². The van der Waals surface area contributed by atoms with Gasteiger partial charge in [0.1, 0.15) is 11.4 Å². The number of carboxylic acids is 1. The molecule has 0 atom stereocenters. The van der Waals surface area contributed by atoms with E-state index < -0.39 is 23.4 Å². The van der Waals surface area contributed by atoms with E-state index in [2.05, 4.69) is 10.6 Å². The summed E-state index contributed by atoms with van der Waals surface area (Å²) in [5, 5.41) is 14.2. The van der Waals surface area contributed by atoms with Crippen LogP contribution in [0.15, 0.2) is 18.2 Å². The van der Waals surface area contributed by atoms with E-state index in [0.29, 0.717) is 5.56 Å². The third-order valence-electron chi connectivity index (χ3n) is 3.54. The maximum absolute atomic E-state index is 13.4. The van der Waals surface area contributed by atoms with E-state index >= 15 is 0 Å². The number of carbonyl (C=O) groups excluding carboxylic acids is 1. The van der Waals surface area contributed by atoms with Gasteiger partial charge in [0, 0.05) is 31.7 Å². The van der Waals surface area contributed by atoms with Gasteiger partial charge in [0.15, 0.2) is 0 Å². The number of carboxylic acid groups (broad SMARTS) is 1. The van der Waals surface area contributed by atoms with Crippen molar-refractivity contribution in [1.82, 2.24) is 5.32 Å². The predicted octanol–water partition coefficient (Wildman–Crippen LogP) is 1.89. The number of amides is 2. The van der Waals surface area contributed by atoms with Crippen molar-refractivity contribution >= 4 is 17.7 Å². The number of hydrogen-bond acceptors (Lipinski definition) is 3. The van der Waals surface area contributed by atoms with E-state index in [1.807, 2.05) is 0 Å². The molecule has 0 saturated carbocycles. The maximum Gasteiger partial charge on any atom is 0.329 e. The lowest BCUT2D eigenvalue weighted by Crippen LogP contribution is -2.58. The Bertz CT molecular complexity index is 556. The zero-order valence-electron chi connectivity index (χ0n) is 11.6. The Morgan fingerprint density at radius 3 is 2.57 bits per heavy atom. The molecule has 21 heavy (non-hydrogen) atoms. The van der Waals surface area contributed by atoms with Crippen LogP contribution in [0.2, 0.25) is 0 Å². The summed E-state index contributed by atoms with van der Waals surface area (Å²) in [6.45, 7) is 2.15. The van der Waals surface area contributed by atoms with Gasteiger partial charge in [0.2, 0.25) is 0 Å². The largest absolute Gasteiger partial charge is 0.480 e. The zero-order valence-corrected chi connectivity index (χ0v) is 11.6. The molecular formula is C14H17FN2O4. The molecule has 114 valence electrons. The molecule has 1 aromatic carbocycles. The minimum Gasteiger partial charge on any atom is -0.480 e. The number of urea groups is 1. The van der Waals surface area contributed by atoms with Crippen molar-refractivity contribution in [1.29, 1.82) is 0 Å². The summed E-state index contributed by atoms with van der Waals surface area (Å²) in [6.07, 6.45) is 0.385. The van der Waals surface area contributed by atoms with Crippen LogP contribution in [-0.4, -0.2) is 35.9 Å². The lowest BCUT2D eigenvalue weighted by atomic mass is 9.90. The predicted molar refractivity (Wildman–Crippen MR) is 73.7 cm³/mol. The highest BCUT2D eigenvalue weighted by Gasteiger charge is 2.41. The van der Waals surface area contributed by atoms with Gasteiger partial charge in [-0.1, -0.05) is 6.07 Å². The molecule has 1 heterocycles. The lowest BCUT2D eigenvalue weighted by Gasteiger charge is -2.33. The number of carbonyl (C=O) groups is 2. The summed E-state index contributed by atoms with van der Waals surface area (Å²) in [5.74, 6) is -1.54. The first-order chi connectivity index (χ1) is 9.93. The van der Waals surface area contributed by atoms with Crippen molar-refractivity contribution < 1.29 is 23.8 Å². The number of rotatable bonds is 3. The normalized spacial score (nSPS) is 17.0. The monoisotopic (exact) mass is 296 g/mol. The Labute approximate surface area is 121 Å². The van der Waals surface area contributed by atoms with Gasteiger partial charge >= 0.3 is 12.0 Å². The highest BCUT2D eigenvalue weighted by Crippen LogP contribution is 2.21. The molecular weight excluding hydrogens is 279 g/mol. The quantitative estimate of drug-likeness (QED) is 0.795. The third kappa shape index (κ3) is 3.49. The highest BCUT2D eigenvalue weighted by atomic mass is 19.1. The van der Waals surface area contributed by atoms with Gasteiger partial charge in [0.05, 0.1) is 0 Å². The minimum absolute atomic E-state index is 0.192. The summed E-state index contributed by atoms with van der Waals surface area (Å²) in [4.78, 5) is 23.3. The number of hydrogen-bond donors (Lipinski definition) is 3. The molecule has 6 nitrogen and oxygen atoms in total. The maximum atomic E-state index is 13.4. The average Bonchev–Trinajstić information content (AvgIpc) is 2.43. The van der Waals surface area contributed by atoms with Gasteiger partial charge in [-0.25, -0.2) is 14.0 Å². The SMILES string of the molecule is Cc1ccc(NC(=O)NC2(C(=O)O)CCOCC2)cc1F. The molecule has 7 heteroatoms. The molecule has 2 amide bonds. The molecule has 0 aliphatic carbocycles. The average molecular weight is 296 g/mol. The first kappa shape index (κ1) is 15.2. The number of ether oxygens (including phenoxy) is 1. The van der Waals surface area contributed by atoms with Gasteiger partial charge in [-0.3, -0.25) is 0 Å². The fraction of sp³-hybridized carbons (Fsp3) is 0.429. The third-order valence-corrected chi connectivity index (χ3v) is 3.54. The molecule has 3 N–H and O–H groups in total. The van der Waals surface area contributed by atoms with Gasteiger partial charge in [-0.15, -0.1) is 0 Å². The first-order valence-corrected chi connectivity index (χ1v) is 6.59. The van der Waals surface area contributed by atoms with Crippen LogP contribution in [0.5, 0.6) is 0 Å². The molecule has 0 unspecified atom stereocenters. The standard InChI is InChI=1S/C14H17FN2O4/c1-9-2-3-10(8-11(9)15)16-13(20)17-14(12(18)19)4-6-21-7-5-14/h2-3,8H,4-7H2,1H3,(H,18,19)(H2,16,17,20). The summed E-state index contributed by atoms with van der Waals surface area (Å²) >= 11 is 0. The second kappa shape index (κ2) is 6.09. The second-order valence-corrected chi connectivity index (χ2v) is 5.04. The van der Waals surface area contributed by atoms with E-state index in [4.69, 9.17) is 4.74 Å². The lowest BCUT2D eigenvalue weighted by molar-refractivity contribution is -0.148. The van der Waals surface area contributed by atoms with Crippen LogP contribution in [0.25, 0.3) is 0 Å². The summed E-state index contributed by atoms with van der Waals surface area (Å²) < 4.78 is 18.5. The number of benzene rings is 1. The van der Waals surface area contributed by atoms with Crippen LogP contribution in [0.3, 0.4) is 0 Å². The Hall–Kier alpha value is -2.15. The van der Waals surface area contributed by atoms with Crippen LogP contribution in [0.1, 0.15) is 18.4 Å². The van der Waals surface area contributed by atoms with Crippen molar-refractivity contribution in [3.8, 4) is 0 Å². The molecule has 1 aliphatic heterocycles. The van der Waals surface area contributed by atoms with E-state index in [0.717, 1.165) is 0 Å². The van der Waals surface area contributed by atoms with E-state index in [-0.39, 0.29) is 31.7 Å². The molecule has 1 aromatic rings. The van der Waals surface area contributed by atoms with Crippen molar-refractivity contribution in [2.45, 2.75) is 25.3 Å². The number of nitrogens with one attached hydrogen (secondary N) is 2. The highest BCUT2D eigenvalue weighted by molar-refractivity contribution is 5.94. The van der Waals surface area contributed by atoms with E-state index in [1.165, 1.54) is 12.1 Å². The van der Waals surface area contributed by atoms with Crippen LogP contribution in [0.4, 0.5) is 14.9 Å². The summed E-state index contributed by atoms with van der Waals surface area (Å²) in [6, 6.07) is 3.59. The number of anilines is 1. The van der Waals surface area contributed by atoms with Crippen molar-refractivity contribution in [3.05, 3.63) is 29.6 Å². The topological polar surface area (TPSA) is 87.7 Å². The Morgan fingerprint density at radius 1 is 1.33 bits per heavy atom. The van der Waals surface area contributed by atoms with Gasteiger partial charge in [-0.05, 0) is 24.6 Å². The Kier molecular flexibility index (Phi) is 4.42. The molecule has 2 rings (SSSR count). The molecule has 0 spiro atoms. The molecule has 0 bridgehead atoms. The zero-order chi connectivity index (χ0) is 15.5. The molecule has 1 aliphatic rings. The summed E-state index contributed by atoms with van der Waals surface area (Å²) in [7, 11) is 0. The smallest absolute Gasteiger partial charge is 0.329 e. The van der Waals surface area contributed by atoms with E-state index in [1.54, 1.807) is 13.0 Å². The van der Waals surface area contributed by atoms with Crippen molar-refractivity contribution in [2.75, 3.05) is 18.5 Å². The van der Waals surface area contributed by atoms with Gasteiger partial charge in [-0.2, -0.15) is 0 Å². The minimum atomic E-state index is -1.34. The second-order valence-electron chi connectivity index (χ2n) is 5.04. The number of halogens is 1. The van der Waals surface area contributed by atoms with Crippen LogP contribution in [0, 0.1) is 12.7 Å². The number of aliphatic carboxylic acids is 1. The molecule has 0 aromatic heterocycles. The summed E-state index contributed by atoms with van der Waals surface area (Å²) in [5.41, 5.74) is -0.610. The van der Waals surface area contributed by atoms with Crippen molar-refractivity contribution in [2.24, 2.45) is 0 Å². The Morgan fingerprint density at radius 2 is 2.00 bits per heavy atom. The Balaban J connectivity index is 2.05. The van der Waals surface area contributed by atoms with Crippen LogP contribution in [-0.2, 0) is 9.53 Å². The molecule has 1 fully saturated rings. The van der Waals surface area contributed by atoms with Crippen molar-refractivity contribution in [3.63, 3.8) is 0 Å². The van der Waals surface area contributed by atoms with Crippen LogP contribution >= 0.6 is 0 Å². The number of aryl methyl sites for hydroxylation is 1. The first-order valence-electron chi connectivity index (χ1n) is 6.59. The molecule has 0 radical (unpaired) electrons. The van der Waals surface area contributed by atoms with E-state index in [9.17, 15) is 19.1 Å².